The van der Waals surface area contributed by atoms with Gasteiger partial charge in [-0.15, -0.1) is 17.9 Å². The second-order valence-corrected chi connectivity index (χ2v) is 14.1. The van der Waals surface area contributed by atoms with Gasteiger partial charge in [-0.2, -0.15) is 0 Å². The number of aromatic nitrogens is 2. The largest absolute Gasteiger partial charge is 0.512 e. The van der Waals surface area contributed by atoms with Gasteiger partial charge in [0.25, 0.3) is 0 Å². The molecule has 0 atom stereocenters. The number of aryl methyl sites for hydroxylation is 1. The van der Waals surface area contributed by atoms with Crippen LogP contribution in [0, 0.1) is 24.7 Å². The van der Waals surface area contributed by atoms with Crippen LogP contribution in [0.15, 0.2) is 115 Å². The van der Waals surface area contributed by atoms with Crippen molar-refractivity contribution in [3.05, 3.63) is 137 Å². The van der Waals surface area contributed by atoms with E-state index < -0.39 is 0 Å². The molecule has 0 aliphatic rings. The third kappa shape index (κ3) is 43.2. The molecule has 18 heteroatoms. The van der Waals surface area contributed by atoms with Crippen LogP contribution in [0.2, 0.25) is 0 Å². The molecule has 0 fully saturated rings. The second kappa shape index (κ2) is 48.1. The first-order valence-corrected chi connectivity index (χ1v) is 20.2. The van der Waals surface area contributed by atoms with Crippen molar-refractivity contribution in [2.75, 3.05) is 0 Å². The summed E-state index contributed by atoms with van der Waals surface area (Å²) >= 11 is 1.42. The first-order valence-electron chi connectivity index (χ1n) is 19.3. The van der Waals surface area contributed by atoms with Crippen molar-refractivity contribution in [1.82, 2.24) is 9.97 Å². The van der Waals surface area contributed by atoms with Crippen molar-refractivity contribution in [1.29, 1.82) is 0 Å². The molecule has 0 unspecified atom stereocenters. The molecule has 0 bridgehead atoms. The number of hydrogen-bond acceptors (Lipinski definition) is 13. The Morgan fingerprint density at radius 3 is 1.65 bits per heavy atom. The molecule has 12 nitrogen and oxygen atoms in total. The van der Waals surface area contributed by atoms with E-state index in [-0.39, 0.29) is 158 Å². The molecule has 3 rings (SSSR count). The summed E-state index contributed by atoms with van der Waals surface area (Å²) in [7, 11) is 0. The van der Waals surface area contributed by atoms with E-state index in [0.29, 0.717) is 48.6 Å². The summed E-state index contributed by atoms with van der Waals surface area (Å²) in [5, 5.41) is 48.1. The zero-order valence-electron chi connectivity index (χ0n) is 38.0. The van der Waals surface area contributed by atoms with Crippen molar-refractivity contribution in [3.8, 4) is 11.8 Å². The van der Waals surface area contributed by atoms with Crippen LogP contribution in [0.5, 0.6) is 0 Å². The van der Waals surface area contributed by atoms with E-state index in [1.54, 1.807) is 62.6 Å². The van der Waals surface area contributed by atoms with Crippen LogP contribution in [0.4, 0.5) is 0 Å². The quantitative estimate of drug-likeness (QED) is 0.0392. The Kier molecular flexibility index (Phi) is 56.0. The van der Waals surface area contributed by atoms with Gasteiger partial charge in [-0.25, -0.2) is 0 Å². The molecule has 5 radical (unpaired) electrons. The van der Waals surface area contributed by atoms with Crippen LogP contribution in [-0.4, -0.2) is 64.4 Å². The fourth-order valence-electron chi connectivity index (χ4n) is 4.27. The topological polar surface area (TPSA) is 212 Å². The molecule has 373 valence electrons. The maximum Gasteiger partial charge on any atom is 0.170 e. The van der Waals surface area contributed by atoms with Crippen molar-refractivity contribution in [2.45, 2.75) is 93.9 Å². The van der Waals surface area contributed by atoms with E-state index in [4.69, 9.17) is 10.2 Å². The number of aliphatic hydroxyl groups is 5. The SMILES string of the molecule is C=CCC(O)=CC(C)=O.CC#CC(O)=CC(C)=O.CCCC(=O)C=C(O)c1ccccn1.CCCC(=O)C=C(O)c1cccs1.Cc1ncccc1C(O)=CC(=O)CC(C)C.[Ir].[Ir].[Ir].[Ir].[Ir]. The standard InChI is InChI=1S/C13H17NO2.C11H13NO2.C10H12O2S.C7H10O2.C7H8O2.5Ir/c1-9(2)7-11(15)8-13(16)12-5-4-6-14-10(12)3;1-2-5-9(13)8-11(14)10-6-3-4-7-12-10;1-2-4-8(11)7-9(12)10-5-3-6-13-10;2*1-3-4-7(9)5-6(2)8;;;;;/h4-6,8-9,16H,7H2,1-3H3;3-4,6-8,14H,2,5H2,1H3;3,5-7,12H,2,4H2,1H3;3,5,9H,1,4H2,2H3;5,9H,1-2H3;;;;;. The van der Waals surface area contributed by atoms with Crippen LogP contribution in [0.1, 0.15) is 109 Å². The number of aliphatic hydroxyl groups excluding tert-OH is 5. The van der Waals surface area contributed by atoms with E-state index in [0.717, 1.165) is 23.8 Å². The normalized spacial score (nSPS) is 10.4. The summed E-state index contributed by atoms with van der Waals surface area (Å²) in [4.78, 5) is 63.0. The Hall–Kier alpha value is -3.40. The first-order chi connectivity index (χ1) is 28.8. The van der Waals surface area contributed by atoms with E-state index in [2.05, 4.69) is 28.4 Å². The van der Waals surface area contributed by atoms with Crippen LogP contribution < -0.4 is 0 Å². The molecule has 0 aliphatic carbocycles. The molecule has 0 amide bonds. The summed E-state index contributed by atoms with van der Waals surface area (Å²) in [6, 6.07) is 12.3. The molecular formula is C48H60Ir5N2O10S. The van der Waals surface area contributed by atoms with E-state index in [1.807, 2.05) is 39.1 Å². The fraction of sp³-hybridized carbons (Fsp3) is 0.312. The minimum Gasteiger partial charge on any atom is -0.512 e. The molecule has 0 saturated carbocycles. The smallest absolute Gasteiger partial charge is 0.170 e. The zero-order valence-corrected chi connectivity index (χ0v) is 50.8. The van der Waals surface area contributed by atoms with E-state index in [9.17, 15) is 39.3 Å². The number of carbonyl (C=O) groups excluding carboxylic acids is 5. The van der Waals surface area contributed by atoms with Gasteiger partial charge in [0.2, 0.25) is 0 Å². The van der Waals surface area contributed by atoms with Gasteiger partial charge >= 0.3 is 0 Å². The van der Waals surface area contributed by atoms with Crippen molar-refractivity contribution < 1.29 is 150 Å². The van der Waals surface area contributed by atoms with E-state index >= 15 is 0 Å². The molecule has 0 saturated heterocycles. The third-order valence-electron chi connectivity index (χ3n) is 6.80. The van der Waals surface area contributed by atoms with Crippen LogP contribution in [-0.2, 0) is 124 Å². The molecule has 3 heterocycles. The van der Waals surface area contributed by atoms with Gasteiger partial charge in [0.15, 0.2) is 34.7 Å². The Morgan fingerprint density at radius 2 is 1.23 bits per heavy atom. The fourth-order valence-corrected chi connectivity index (χ4v) is 4.91. The number of rotatable bonds is 16. The van der Waals surface area contributed by atoms with Crippen molar-refractivity contribution in [3.63, 3.8) is 0 Å². The molecule has 0 aromatic carbocycles. The zero-order chi connectivity index (χ0) is 46.8. The van der Waals surface area contributed by atoms with Crippen molar-refractivity contribution >= 4 is 57.5 Å². The molecule has 3 aromatic heterocycles. The minimum atomic E-state index is -0.199. The molecule has 3 aromatic rings. The third-order valence-corrected chi connectivity index (χ3v) is 7.69. The predicted octanol–water partition coefficient (Wildman–Crippen LogP) is 10.9. The number of nitrogens with zero attached hydrogens (tertiary/aromatic N) is 2. The summed E-state index contributed by atoms with van der Waals surface area (Å²) in [6.45, 7) is 17.3. The van der Waals surface area contributed by atoms with Crippen LogP contribution in [0.25, 0.3) is 17.3 Å². The number of thiophene rings is 1. The average Bonchev–Trinajstić information content (AvgIpc) is 3.72. The number of carbonyl (C=O) groups is 5. The van der Waals surface area contributed by atoms with Gasteiger partial charge in [-0.3, -0.25) is 33.9 Å². The summed E-state index contributed by atoms with van der Waals surface area (Å²) in [5.74, 6) is 4.48. The summed E-state index contributed by atoms with van der Waals surface area (Å²) < 4.78 is 0. The Morgan fingerprint density at radius 1 is 0.697 bits per heavy atom. The maximum atomic E-state index is 11.5. The van der Waals surface area contributed by atoms with Crippen LogP contribution >= 0.6 is 11.3 Å². The van der Waals surface area contributed by atoms with Gasteiger partial charge in [0.1, 0.15) is 23.0 Å². The molecule has 5 N–H and O–H groups in total. The van der Waals surface area contributed by atoms with E-state index in [1.165, 1.54) is 55.6 Å². The number of pyridine rings is 2. The average molecular weight is 1820 g/mol. The molecule has 0 spiro atoms. The Bertz CT molecular complexity index is 2070. The van der Waals surface area contributed by atoms with Gasteiger partial charge in [0, 0.05) is 180 Å². The van der Waals surface area contributed by atoms with Gasteiger partial charge in [-0.05, 0) is 88.1 Å². The van der Waals surface area contributed by atoms with Crippen molar-refractivity contribution in [2.24, 2.45) is 5.92 Å². The maximum absolute atomic E-state index is 11.5. The second-order valence-electron chi connectivity index (χ2n) is 13.2. The Labute approximate surface area is 461 Å². The monoisotopic (exact) mass is 1820 g/mol. The predicted molar refractivity (Wildman–Crippen MR) is 245 cm³/mol. The summed E-state index contributed by atoms with van der Waals surface area (Å²) in [6.07, 6.45) is 14.2. The number of allylic oxidation sites excluding steroid dienone is 7. The number of ketones is 5. The molecule has 66 heavy (non-hydrogen) atoms. The molecule has 0 aliphatic heterocycles. The minimum absolute atomic E-state index is 0. The number of hydrogen-bond donors (Lipinski definition) is 5. The van der Waals surface area contributed by atoms with Crippen LogP contribution in [0.3, 0.4) is 0 Å². The van der Waals surface area contributed by atoms with Gasteiger partial charge < -0.3 is 25.5 Å². The molecular weight excluding hydrogens is 1760 g/mol. The summed E-state index contributed by atoms with van der Waals surface area (Å²) in [5.41, 5.74) is 1.75. The Balaban J connectivity index is -0.000000132. The van der Waals surface area contributed by atoms with Gasteiger partial charge in [-0.1, -0.05) is 51.8 Å². The first kappa shape index (κ1) is 76.8. The van der Waals surface area contributed by atoms with Gasteiger partial charge in [0.05, 0.1) is 10.6 Å².